The molecule has 1 fully saturated rings. The molecular formula is C30H25N3O5S. The molecule has 0 unspecified atom stereocenters. The van der Waals surface area contributed by atoms with E-state index in [4.69, 9.17) is 17.0 Å². The van der Waals surface area contributed by atoms with Crippen LogP contribution in [0.25, 0.3) is 6.08 Å². The summed E-state index contributed by atoms with van der Waals surface area (Å²) in [6.07, 6.45) is 1.46. The predicted molar refractivity (Wildman–Crippen MR) is 150 cm³/mol. The van der Waals surface area contributed by atoms with Crippen LogP contribution in [-0.4, -0.2) is 40.8 Å². The molecule has 0 radical (unpaired) electrons. The van der Waals surface area contributed by atoms with Gasteiger partial charge in [-0.2, -0.15) is 0 Å². The normalized spacial score (nSPS) is 16.3. The number of imide groups is 1. The van der Waals surface area contributed by atoms with Gasteiger partial charge in [-0.3, -0.25) is 34.3 Å². The van der Waals surface area contributed by atoms with Gasteiger partial charge in [0.2, 0.25) is 0 Å². The zero-order valence-corrected chi connectivity index (χ0v) is 22.4. The van der Waals surface area contributed by atoms with Crippen LogP contribution in [0.1, 0.15) is 57.2 Å². The van der Waals surface area contributed by atoms with Crippen LogP contribution in [0.2, 0.25) is 0 Å². The van der Waals surface area contributed by atoms with Crippen molar-refractivity contribution in [3.63, 3.8) is 0 Å². The number of rotatable bonds is 6. The van der Waals surface area contributed by atoms with Crippen LogP contribution in [0.3, 0.4) is 0 Å². The van der Waals surface area contributed by atoms with Crippen LogP contribution in [-0.2, 0) is 16.1 Å². The Morgan fingerprint density at radius 3 is 2.13 bits per heavy atom. The summed E-state index contributed by atoms with van der Waals surface area (Å²) in [5.74, 6) is -1.17. The fourth-order valence-corrected chi connectivity index (χ4v) is 4.91. The van der Waals surface area contributed by atoms with Crippen molar-refractivity contribution in [3.05, 3.63) is 100 Å². The first kappa shape index (κ1) is 26.0. The third-order valence-corrected chi connectivity index (χ3v) is 7.03. The Hall–Kier alpha value is -4.63. The van der Waals surface area contributed by atoms with Crippen molar-refractivity contribution in [3.8, 4) is 5.75 Å². The summed E-state index contributed by atoms with van der Waals surface area (Å²) in [6.45, 7) is 4.11. The van der Waals surface area contributed by atoms with E-state index >= 15 is 0 Å². The number of ether oxygens (including phenoxy) is 1. The number of nitrogens with zero attached hydrogens (tertiary/aromatic N) is 2. The van der Waals surface area contributed by atoms with Gasteiger partial charge in [-0.25, -0.2) is 0 Å². The minimum Gasteiger partial charge on any atom is -0.496 e. The molecule has 0 aromatic heterocycles. The van der Waals surface area contributed by atoms with Gasteiger partial charge in [-0.1, -0.05) is 44.2 Å². The van der Waals surface area contributed by atoms with Crippen molar-refractivity contribution in [1.82, 2.24) is 10.2 Å². The average Bonchev–Trinajstić information content (AvgIpc) is 3.16. The van der Waals surface area contributed by atoms with Crippen molar-refractivity contribution in [2.45, 2.75) is 26.3 Å². The summed E-state index contributed by atoms with van der Waals surface area (Å²) in [5, 5.41) is 2.59. The van der Waals surface area contributed by atoms with E-state index in [-0.39, 0.29) is 17.2 Å². The number of fused-ring (bicyclic) bond motifs is 1. The van der Waals surface area contributed by atoms with Gasteiger partial charge in [0.1, 0.15) is 11.3 Å². The van der Waals surface area contributed by atoms with Gasteiger partial charge >= 0.3 is 0 Å². The minimum atomic E-state index is -0.613. The molecule has 2 aliphatic heterocycles. The molecule has 39 heavy (non-hydrogen) atoms. The Morgan fingerprint density at radius 2 is 1.54 bits per heavy atom. The molecule has 3 aromatic rings. The van der Waals surface area contributed by atoms with Crippen molar-refractivity contribution in [2.75, 3.05) is 12.0 Å². The first-order valence-electron chi connectivity index (χ1n) is 12.3. The summed E-state index contributed by atoms with van der Waals surface area (Å²) >= 11 is 5.31. The Labute approximate surface area is 230 Å². The van der Waals surface area contributed by atoms with Gasteiger partial charge in [0, 0.05) is 5.56 Å². The molecule has 0 saturated carbocycles. The van der Waals surface area contributed by atoms with Crippen molar-refractivity contribution < 1.29 is 23.9 Å². The zero-order valence-electron chi connectivity index (χ0n) is 21.6. The van der Waals surface area contributed by atoms with E-state index in [0.717, 1.165) is 10.5 Å². The molecule has 1 saturated heterocycles. The van der Waals surface area contributed by atoms with Crippen molar-refractivity contribution in [2.24, 2.45) is 0 Å². The molecule has 2 aliphatic rings. The number of nitrogens with one attached hydrogen (secondary N) is 1. The Kier molecular flexibility index (Phi) is 6.84. The summed E-state index contributed by atoms with van der Waals surface area (Å²) in [4.78, 5) is 54.5. The molecule has 5 rings (SSSR count). The van der Waals surface area contributed by atoms with Crippen LogP contribution in [0, 0.1) is 0 Å². The highest BCUT2D eigenvalue weighted by atomic mass is 32.1. The standard InChI is InChI=1S/C30H25N3O5S/c1-17(2)19-9-11-21(12-10-19)33-29(37)24(26(34)31-30(33)39)15-18-8-13-25(38-3)20(14-18)16-32-27(35)22-6-4-5-7-23(22)28(32)36/h4-15,17H,16H2,1-3H3,(H,31,34,39)/b24-15-. The topological polar surface area (TPSA) is 96.0 Å². The molecule has 8 nitrogen and oxygen atoms in total. The minimum absolute atomic E-state index is 0.000455. The van der Waals surface area contributed by atoms with E-state index in [2.05, 4.69) is 19.2 Å². The third-order valence-electron chi connectivity index (χ3n) is 6.74. The number of carbonyl (C=O) groups excluding carboxylic acids is 4. The molecule has 0 aliphatic carbocycles. The smallest absolute Gasteiger partial charge is 0.270 e. The fourth-order valence-electron chi connectivity index (χ4n) is 4.63. The van der Waals surface area contributed by atoms with Gasteiger partial charge in [0.25, 0.3) is 23.6 Å². The Bertz CT molecular complexity index is 1540. The molecule has 4 amide bonds. The van der Waals surface area contributed by atoms with Gasteiger partial charge in [-0.05, 0) is 71.7 Å². The second-order valence-electron chi connectivity index (χ2n) is 9.52. The SMILES string of the molecule is COc1ccc(/C=C2/C(=O)NC(=S)N(c3ccc(C(C)C)cc3)C2=O)cc1CN1C(=O)c2ccccc2C1=O. The van der Waals surface area contributed by atoms with E-state index in [1.54, 1.807) is 54.6 Å². The van der Waals surface area contributed by atoms with E-state index in [1.807, 2.05) is 12.1 Å². The molecule has 0 bridgehead atoms. The maximum absolute atomic E-state index is 13.5. The molecule has 1 N–H and O–H groups in total. The molecule has 9 heteroatoms. The lowest BCUT2D eigenvalue weighted by Gasteiger charge is -2.29. The van der Waals surface area contributed by atoms with E-state index in [9.17, 15) is 19.2 Å². The lowest BCUT2D eigenvalue weighted by atomic mass is 10.0. The predicted octanol–water partition coefficient (Wildman–Crippen LogP) is 4.45. The van der Waals surface area contributed by atoms with Gasteiger partial charge < -0.3 is 4.74 Å². The zero-order chi connectivity index (χ0) is 27.8. The molecule has 2 heterocycles. The lowest BCUT2D eigenvalue weighted by molar-refractivity contribution is -0.122. The molecule has 0 atom stereocenters. The van der Waals surface area contributed by atoms with Gasteiger partial charge in [-0.15, -0.1) is 0 Å². The van der Waals surface area contributed by atoms with Crippen LogP contribution in [0.4, 0.5) is 5.69 Å². The quantitative estimate of drug-likeness (QED) is 0.215. The first-order valence-corrected chi connectivity index (χ1v) is 12.7. The lowest BCUT2D eigenvalue weighted by Crippen LogP contribution is -2.54. The summed E-state index contributed by atoms with van der Waals surface area (Å²) < 4.78 is 5.46. The highest BCUT2D eigenvalue weighted by Crippen LogP contribution is 2.30. The van der Waals surface area contributed by atoms with Crippen LogP contribution in [0.15, 0.2) is 72.3 Å². The number of amides is 4. The summed E-state index contributed by atoms with van der Waals surface area (Å²) in [6, 6.07) is 19.1. The Morgan fingerprint density at radius 1 is 0.897 bits per heavy atom. The largest absolute Gasteiger partial charge is 0.496 e. The number of thiocarbonyl (C=S) groups is 1. The van der Waals surface area contributed by atoms with E-state index in [0.29, 0.717) is 39.6 Å². The first-order chi connectivity index (χ1) is 18.7. The highest BCUT2D eigenvalue weighted by molar-refractivity contribution is 7.80. The maximum Gasteiger partial charge on any atom is 0.270 e. The monoisotopic (exact) mass is 539 g/mol. The van der Waals surface area contributed by atoms with Crippen LogP contribution < -0.4 is 15.0 Å². The van der Waals surface area contributed by atoms with Crippen molar-refractivity contribution in [1.29, 1.82) is 0 Å². The molecule has 196 valence electrons. The highest BCUT2D eigenvalue weighted by Gasteiger charge is 2.36. The fraction of sp³-hybridized carbons (Fsp3) is 0.167. The summed E-state index contributed by atoms with van der Waals surface area (Å²) in [7, 11) is 1.49. The summed E-state index contributed by atoms with van der Waals surface area (Å²) in [5.41, 5.74) is 3.31. The average molecular weight is 540 g/mol. The molecule has 0 spiro atoms. The second kappa shape index (κ2) is 10.3. The number of anilines is 1. The number of methoxy groups -OCH3 is 1. The number of carbonyl (C=O) groups is 4. The third kappa shape index (κ3) is 4.72. The van der Waals surface area contributed by atoms with Crippen LogP contribution >= 0.6 is 12.2 Å². The van der Waals surface area contributed by atoms with Crippen molar-refractivity contribution >= 4 is 52.7 Å². The number of hydrogen-bond donors (Lipinski definition) is 1. The van der Waals surface area contributed by atoms with Crippen LogP contribution in [0.5, 0.6) is 5.75 Å². The van der Waals surface area contributed by atoms with Gasteiger partial charge in [0.05, 0.1) is 30.5 Å². The number of benzene rings is 3. The molecular weight excluding hydrogens is 514 g/mol. The van der Waals surface area contributed by atoms with Gasteiger partial charge in [0.15, 0.2) is 5.11 Å². The maximum atomic E-state index is 13.5. The second-order valence-corrected chi connectivity index (χ2v) is 9.90. The Balaban J connectivity index is 1.46. The molecule has 3 aromatic carbocycles. The number of hydrogen-bond acceptors (Lipinski definition) is 6. The van der Waals surface area contributed by atoms with E-state index in [1.165, 1.54) is 18.1 Å². The van der Waals surface area contributed by atoms with E-state index < -0.39 is 23.6 Å².